The van der Waals surface area contributed by atoms with Gasteiger partial charge in [-0.3, -0.25) is 9.59 Å². The monoisotopic (exact) mass is 501 g/mol. The molecule has 4 aromatic rings. The molecule has 1 saturated heterocycles. The molecule has 5 heteroatoms. The molecule has 1 fully saturated rings. The number of anilines is 1. The lowest BCUT2D eigenvalue weighted by atomic mass is 9.68. The summed E-state index contributed by atoms with van der Waals surface area (Å²) in [5.41, 5.74) is 2.61. The quantitative estimate of drug-likeness (QED) is 0.217. The number of imide groups is 1. The normalized spacial score (nSPS) is 22.3. The third kappa shape index (κ3) is 4.16. The molecule has 6 rings (SSSR count). The highest BCUT2D eigenvalue weighted by molar-refractivity contribution is 6.23. The number of benzene rings is 4. The van der Waals surface area contributed by atoms with Crippen molar-refractivity contribution in [3.63, 3.8) is 0 Å². The van der Waals surface area contributed by atoms with Gasteiger partial charge in [0.2, 0.25) is 11.8 Å². The van der Waals surface area contributed by atoms with Crippen LogP contribution in [0.1, 0.15) is 23.0 Å². The third-order valence-corrected chi connectivity index (χ3v) is 7.46. The number of carbonyl (C=O) groups is 2. The molecule has 0 spiro atoms. The van der Waals surface area contributed by atoms with E-state index in [0.717, 1.165) is 11.1 Å². The Morgan fingerprint density at radius 3 is 1.55 bits per heavy atom. The predicted molar refractivity (Wildman–Crippen MR) is 146 cm³/mol. The molecule has 5 nitrogen and oxygen atoms in total. The highest BCUT2D eigenvalue weighted by Crippen LogP contribution is 2.50. The molecule has 0 N–H and O–H groups in total. The number of rotatable bonds is 6. The van der Waals surface area contributed by atoms with E-state index in [2.05, 4.69) is 12.2 Å². The zero-order valence-corrected chi connectivity index (χ0v) is 20.9. The van der Waals surface area contributed by atoms with Gasteiger partial charge < -0.3 is 9.47 Å². The van der Waals surface area contributed by atoms with E-state index >= 15 is 0 Å². The van der Waals surface area contributed by atoms with Crippen molar-refractivity contribution in [3.05, 3.63) is 132 Å². The fourth-order valence-corrected chi connectivity index (χ4v) is 5.68. The van der Waals surface area contributed by atoms with Gasteiger partial charge in [-0.15, -0.1) is 0 Å². The lowest BCUT2D eigenvalue weighted by molar-refractivity contribution is -0.122. The van der Waals surface area contributed by atoms with Crippen molar-refractivity contribution in [1.29, 1.82) is 0 Å². The number of amides is 2. The van der Waals surface area contributed by atoms with E-state index in [1.165, 1.54) is 4.90 Å². The first-order valence-electron chi connectivity index (χ1n) is 12.7. The van der Waals surface area contributed by atoms with Crippen molar-refractivity contribution in [2.24, 2.45) is 11.8 Å². The highest BCUT2D eigenvalue weighted by Gasteiger charge is 2.55. The minimum Gasteiger partial charge on any atom is -0.493 e. The molecule has 0 bridgehead atoms. The number of ether oxygens (including phenoxy) is 2. The number of allylic oxidation sites excluding steroid dienone is 2. The molecule has 1 aliphatic carbocycles. The SMILES string of the molecule is COc1ccccc1Oc1ccc(N2C(=O)[C@H]3[C@H](C2=O)[C@H](c2ccccc2)C=C[C@H]3c2ccccc2)cc1. The molecule has 1 aliphatic heterocycles. The molecule has 4 atom stereocenters. The fraction of sp³-hybridized carbons (Fsp3) is 0.152. The van der Waals surface area contributed by atoms with Gasteiger partial charge in [0.15, 0.2) is 11.5 Å². The third-order valence-electron chi connectivity index (χ3n) is 7.46. The average Bonchev–Trinajstić information content (AvgIpc) is 3.24. The van der Waals surface area contributed by atoms with E-state index in [1.807, 2.05) is 84.9 Å². The number of para-hydroxylation sites is 2. The van der Waals surface area contributed by atoms with Crippen LogP contribution in [0.4, 0.5) is 5.69 Å². The first-order chi connectivity index (χ1) is 18.7. The maximum atomic E-state index is 14.0. The molecule has 2 amide bonds. The summed E-state index contributed by atoms with van der Waals surface area (Å²) in [6, 6.07) is 34.4. The van der Waals surface area contributed by atoms with Gasteiger partial charge in [-0.05, 0) is 47.5 Å². The van der Waals surface area contributed by atoms with Gasteiger partial charge in [0.1, 0.15) is 5.75 Å². The molecule has 38 heavy (non-hydrogen) atoms. The van der Waals surface area contributed by atoms with E-state index in [9.17, 15) is 9.59 Å². The molecule has 2 aliphatic rings. The second-order valence-electron chi connectivity index (χ2n) is 9.57. The Labute approximate surface area is 221 Å². The van der Waals surface area contributed by atoms with Crippen LogP contribution in [0.2, 0.25) is 0 Å². The Morgan fingerprint density at radius 2 is 1.05 bits per heavy atom. The number of methoxy groups -OCH3 is 1. The topological polar surface area (TPSA) is 55.8 Å². The zero-order chi connectivity index (χ0) is 26.1. The van der Waals surface area contributed by atoms with Crippen LogP contribution < -0.4 is 14.4 Å². The molecule has 188 valence electrons. The van der Waals surface area contributed by atoms with Gasteiger partial charge in [0, 0.05) is 11.8 Å². The van der Waals surface area contributed by atoms with Crippen LogP contribution in [0.5, 0.6) is 17.2 Å². The maximum Gasteiger partial charge on any atom is 0.238 e. The molecule has 0 aromatic heterocycles. The summed E-state index contributed by atoms with van der Waals surface area (Å²) in [4.78, 5) is 29.4. The van der Waals surface area contributed by atoms with Crippen LogP contribution in [-0.4, -0.2) is 18.9 Å². The molecule has 4 aromatic carbocycles. The lowest BCUT2D eigenvalue weighted by Gasteiger charge is -2.32. The molecule has 0 unspecified atom stereocenters. The average molecular weight is 502 g/mol. The van der Waals surface area contributed by atoms with Gasteiger partial charge in [-0.1, -0.05) is 84.9 Å². The number of carbonyl (C=O) groups excluding carboxylic acids is 2. The van der Waals surface area contributed by atoms with Crippen LogP contribution in [-0.2, 0) is 9.59 Å². The summed E-state index contributed by atoms with van der Waals surface area (Å²) in [7, 11) is 1.59. The largest absolute Gasteiger partial charge is 0.493 e. The lowest BCUT2D eigenvalue weighted by Crippen LogP contribution is -2.31. The first kappa shape index (κ1) is 23.7. The highest BCUT2D eigenvalue weighted by atomic mass is 16.5. The Balaban J connectivity index is 1.34. The first-order valence-corrected chi connectivity index (χ1v) is 12.7. The second kappa shape index (κ2) is 10.0. The Morgan fingerprint density at radius 1 is 0.579 bits per heavy atom. The van der Waals surface area contributed by atoms with Gasteiger partial charge in [0.05, 0.1) is 24.6 Å². The van der Waals surface area contributed by atoms with Crippen molar-refractivity contribution in [2.75, 3.05) is 12.0 Å². The van der Waals surface area contributed by atoms with E-state index in [-0.39, 0.29) is 23.7 Å². The summed E-state index contributed by atoms with van der Waals surface area (Å²) in [6.07, 6.45) is 4.21. The van der Waals surface area contributed by atoms with Crippen LogP contribution >= 0.6 is 0 Å². The zero-order valence-electron chi connectivity index (χ0n) is 20.9. The van der Waals surface area contributed by atoms with Gasteiger partial charge in [-0.25, -0.2) is 4.90 Å². The molecule has 0 saturated carbocycles. The number of nitrogens with zero attached hydrogens (tertiary/aromatic N) is 1. The standard InChI is InChI=1S/C33H27NO4/c1-37-28-14-8-9-15-29(28)38-25-18-16-24(17-19-25)34-32(35)30-26(22-10-4-2-5-11-22)20-21-27(31(30)33(34)36)23-12-6-3-7-13-23/h2-21,26-27,30-31H,1H3/t26-,27-,30+,31+/m0/s1. The Kier molecular flexibility index (Phi) is 6.26. The predicted octanol–water partition coefficient (Wildman–Crippen LogP) is 6.73. The van der Waals surface area contributed by atoms with Crippen molar-refractivity contribution in [1.82, 2.24) is 0 Å². The van der Waals surface area contributed by atoms with E-state index in [0.29, 0.717) is 22.9 Å². The fourth-order valence-electron chi connectivity index (χ4n) is 5.68. The number of fused-ring (bicyclic) bond motifs is 1. The van der Waals surface area contributed by atoms with Crippen molar-refractivity contribution < 1.29 is 19.1 Å². The maximum absolute atomic E-state index is 14.0. The van der Waals surface area contributed by atoms with E-state index < -0.39 is 11.8 Å². The van der Waals surface area contributed by atoms with Crippen LogP contribution in [0.15, 0.2) is 121 Å². The van der Waals surface area contributed by atoms with Crippen LogP contribution in [0.25, 0.3) is 0 Å². The van der Waals surface area contributed by atoms with Gasteiger partial charge in [0.25, 0.3) is 0 Å². The molecule has 0 radical (unpaired) electrons. The second-order valence-corrected chi connectivity index (χ2v) is 9.57. The minimum absolute atomic E-state index is 0.169. The van der Waals surface area contributed by atoms with Crippen molar-refractivity contribution in [3.8, 4) is 17.2 Å². The summed E-state index contributed by atoms with van der Waals surface area (Å²) in [6.45, 7) is 0. The summed E-state index contributed by atoms with van der Waals surface area (Å²) in [5, 5.41) is 0. The van der Waals surface area contributed by atoms with Crippen molar-refractivity contribution >= 4 is 17.5 Å². The Bertz CT molecular complexity index is 1410. The van der Waals surface area contributed by atoms with Gasteiger partial charge in [-0.2, -0.15) is 0 Å². The van der Waals surface area contributed by atoms with E-state index in [4.69, 9.17) is 9.47 Å². The van der Waals surface area contributed by atoms with Crippen molar-refractivity contribution in [2.45, 2.75) is 11.8 Å². The van der Waals surface area contributed by atoms with Crippen LogP contribution in [0, 0.1) is 11.8 Å². The van der Waals surface area contributed by atoms with Crippen LogP contribution in [0.3, 0.4) is 0 Å². The molecular weight excluding hydrogens is 474 g/mol. The Hall–Kier alpha value is -4.64. The number of hydrogen-bond donors (Lipinski definition) is 0. The van der Waals surface area contributed by atoms with Gasteiger partial charge >= 0.3 is 0 Å². The molecule has 1 heterocycles. The smallest absolute Gasteiger partial charge is 0.238 e. The molecular formula is C33H27NO4. The minimum atomic E-state index is -0.482. The summed E-state index contributed by atoms with van der Waals surface area (Å²) < 4.78 is 11.4. The summed E-state index contributed by atoms with van der Waals surface area (Å²) >= 11 is 0. The van der Waals surface area contributed by atoms with E-state index in [1.54, 1.807) is 31.4 Å². The number of hydrogen-bond acceptors (Lipinski definition) is 4. The summed E-state index contributed by atoms with van der Waals surface area (Å²) in [5.74, 6) is 0.151.